The molecule has 0 heterocycles. The quantitative estimate of drug-likeness (QED) is 0.470. The zero-order valence-corrected chi connectivity index (χ0v) is 16.8. The molecule has 0 bridgehead atoms. The Balaban J connectivity index is 1.99. The van der Waals surface area contributed by atoms with Gasteiger partial charge in [-0.15, -0.1) is 0 Å². The van der Waals surface area contributed by atoms with Crippen molar-refractivity contribution in [1.29, 1.82) is 0 Å². The minimum atomic E-state index is -0.255. The molecule has 0 unspecified atom stereocenters. The van der Waals surface area contributed by atoms with E-state index in [9.17, 15) is 4.79 Å². The molecule has 0 atom stereocenters. The number of halogens is 2. The molecular formula is C21H25Cl2NO2. The van der Waals surface area contributed by atoms with Crippen molar-refractivity contribution in [2.75, 3.05) is 11.9 Å². The highest BCUT2D eigenvalue weighted by Crippen LogP contribution is 2.34. The molecule has 0 fully saturated rings. The summed E-state index contributed by atoms with van der Waals surface area (Å²) in [6, 6.07) is 10.8. The van der Waals surface area contributed by atoms with Crippen molar-refractivity contribution < 1.29 is 9.53 Å². The summed E-state index contributed by atoms with van der Waals surface area (Å²) in [7, 11) is 0. The van der Waals surface area contributed by atoms with Gasteiger partial charge in [0.25, 0.3) is 5.91 Å². The Labute approximate surface area is 165 Å². The van der Waals surface area contributed by atoms with Crippen LogP contribution in [0.1, 0.15) is 54.9 Å². The maximum Gasteiger partial charge on any atom is 0.255 e. The first-order valence-electron chi connectivity index (χ1n) is 9.01. The van der Waals surface area contributed by atoms with Gasteiger partial charge in [0.2, 0.25) is 0 Å². The topological polar surface area (TPSA) is 38.3 Å². The molecule has 2 rings (SSSR count). The lowest BCUT2D eigenvalue weighted by Crippen LogP contribution is -2.13. The van der Waals surface area contributed by atoms with Crippen LogP contribution in [0.25, 0.3) is 0 Å². The Morgan fingerprint density at radius 2 is 1.69 bits per heavy atom. The Bertz CT molecular complexity index is 724. The molecule has 0 saturated carbocycles. The van der Waals surface area contributed by atoms with E-state index in [1.165, 1.54) is 19.3 Å². The number of amides is 1. The lowest BCUT2D eigenvalue weighted by Gasteiger charge is -2.13. The number of anilines is 1. The average molecular weight is 394 g/mol. The third-order valence-corrected chi connectivity index (χ3v) is 4.71. The van der Waals surface area contributed by atoms with Gasteiger partial charge < -0.3 is 10.1 Å². The molecular weight excluding hydrogens is 369 g/mol. The first-order chi connectivity index (χ1) is 12.5. The average Bonchev–Trinajstić information content (AvgIpc) is 2.61. The van der Waals surface area contributed by atoms with Crippen LogP contribution in [-0.4, -0.2) is 12.5 Å². The third-order valence-electron chi connectivity index (χ3n) is 4.15. The van der Waals surface area contributed by atoms with Crippen molar-refractivity contribution in [3.8, 4) is 5.75 Å². The molecule has 2 aromatic rings. The SMILES string of the molecule is CCCCCCCOc1c(Cl)cc(C(=O)Nc2ccccc2C)cc1Cl. The molecule has 0 saturated heterocycles. The van der Waals surface area contributed by atoms with Crippen LogP contribution in [0.15, 0.2) is 36.4 Å². The van der Waals surface area contributed by atoms with Crippen LogP contribution in [0, 0.1) is 6.92 Å². The van der Waals surface area contributed by atoms with E-state index in [4.69, 9.17) is 27.9 Å². The van der Waals surface area contributed by atoms with Gasteiger partial charge in [0, 0.05) is 11.3 Å². The van der Waals surface area contributed by atoms with Crippen LogP contribution in [0.3, 0.4) is 0 Å². The van der Waals surface area contributed by atoms with Crippen LogP contribution in [0.4, 0.5) is 5.69 Å². The second-order valence-electron chi connectivity index (χ2n) is 6.30. The molecule has 0 spiro atoms. The lowest BCUT2D eigenvalue weighted by atomic mass is 10.1. The summed E-state index contributed by atoms with van der Waals surface area (Å²) in [6.07, 6.45) is 5.75. The number of carbonyl (C=O) groups is 1. The van der Waals surface area contributed by atoms with E-state index in [0.29, 0.717) is 28.0 Å². The van der Waals surface area contributed by atoms with Gasteiger partial charge in [-0.1, -0.05) is 74.0 Å². The molecule has 0 aromatic heterocycles. The number of hydrogen-bond donors (Lipinski definition) is 1. The smallest absolute Gasteiger partial charge is 0.255 e. The van der Waals surface area contributed by atoms with Crippen molar-refractivity contribution in [3.63, 3.8) is 0 Å². The van der Waals surface area contributed by atoms with E-state index in [2.05, 4.69) is 12.2 Å². The predicted octanol–water partition coefficient (Wildman–Crippen LogP) is 6.90. The van der Waals surface area contributed by atoms with Gasteiger partial charge in [-0.25, -0.2) is 0 Å². The maximum atomic E-state index is 12.5. The molecule has 140 valence electrons. The van der Waals surface area contributed by atoms with Crippen molar-refractivity contribution in [2.45, 2.75) is 46.0 Å². The minimum Gasteiger partial charge on any atom is -0.490 e. The number of nitrogens with one attached hydrogen (secondary N) is 1. The number of carbonyl (C=O) groups excluding carboxylic acids is 1. The molecule has 3 nitrogen and oxygen atoms in total. The molecule has 2 aromatic carbocycles. The predicted molar refractivity (Wildman–Crippen MR) is 110 cm³/mol. The molecule has 5 heteroatoms. The number of para-hydroxylation sites is 1. The molecule has 1 N–H and O–H groups in total. The fourth-order valence-electron chi connectivity index (χ4n) is 2.62. The van der Waals surface area contributed by atoms with E-state index in [0.717, 1.165) is 24.1 Å². The zero-order valence-electron chi connectivity index (χ0n) is 15.3. The summed E-state index contributed by atoms with van der Waals surface area (Å²) >= 11 is 12.6. The van der Waals surface area contributed by atoms with Crippen molar-refractivity contribution in [3.05, 3.63) is 57.6 Å². The lowest BCUT2D eigenvalue weighted by molar-refractivity contribution is 0.102. The van der Waals surface area contributed by atoms with Gasteiger partial charge >= 0.3 is 0 Å². The summed E-state index contributed by atoms with van der Waals surface area (Å²) < 4.78 is 5.72. The van der Waals surface area contributed by atoms with E-state index in [1.54, 1.807) is 12.1 Å². The highest BCUT2D eigenvalue weighted by Gasteiger charge is 2.15. The Kier molecular flexibility index (Phi) is 8.27. The second-order valence-corrected chi connectivity index (χ2v) is 7.12. The second kappa shape index (κ2) is 10.4. The molecule has 0 aliphatic carbocycles. The summed E-state index contributed by atoms with van der Waals surface area (Å²) in [6.45, 7) is 4.69. The first kappa shape index (κ1) is 20.6. The Morgan fingerprint density at radius 1 is 1.04 bits per heavy atom. The maximum absolute atomic E-state index is 12.5. The fraction of sp³-hybridized carbons (Fsp3) is 0.381. The van der Waals surface area contributed by atoms with Gasteiger partial charge in [-0.05, 0) is 37.1 Å². The van der Waals surface area contributed by atoms with Crippen molar-refractivity contribution in [1.82, 2.24) is 0 Å². The van der Waals surface area contributed by atoms with Crippen LogP contribution >= 0.6 is 23.2 Å². The first-order valence-corrected chi connectivity index (χ1v) is 9.77. The minimum absolute atomic E-state index is 0.255. The third kappa shape index (κ3) is 5.93. The normalized spacial score (nSPS) is 10.6. The summed E-state index contributed by atoms with van der Waals surface area (Å²) in [5.74, 6) is 0.186. The molecule has 26 heavy (non-hydrogen) atoms. The van der Waals surface area contributed by atoms with E-state index >= 15 is 0 Å². The molecule has 0 aliphatic rings. The van der Waals surface area contributed by atoms with Gasteiger partial charge in [-0.3, -0.25) is 4.79 Å². The summed E-state index contributed by atoms with van der Waals surface area (Å²) in [5.41, 5.74) is 2.15. The summed E-state index contributed by atoms with van der Waals surface area (Å²) in [4.78, 5) is 12.5. The summed E-state index contributed by atoms with van der Waals surface area (Å²) in [5, 5.41) is 3.57. The van der Waals surface area contributed by atoms with E-state index in [-0.39, 0.29) is 5.91 Å². The van der Waals surface area contributed by atoms with Crippen molar-refractivity contribution in [2.24, 2.45) is 0 Å². The number of aryl methyl sites for hydroxylation is 1. The number of ether oxygens (including phenoxy) is 1. The highest BCUT2D eigenvalue weighted by atomic mass is 35.5. The van der Waals surface area contributed by atoms with Gasteiger partial charge in [0.15, 0.2) is 5.75 Å². The van der Waals surface area contributed by atoms with Gasteiger partial charge in [0.05, 0.1) is 16.7 Å². The van der Waals surface area contributed by atoms with Gasteiger partial charge in [-0.2, -0.15) is 0 Å². The van der Waals surface area contributed by atoms with E-state index in [1.807, 2.05) is 31.2 Å². The number of hydrogen-bond acceptors (Lipinski definition) is 2. The standard InChI is InChI=1S/C21H25Cl2NO2/c1-3-4-5-6-9-12-26-20-17(22)13-16(14-18(20)23)21(25)24-19-11-8-7-10-15(19)2/h7-8,10-11,13-14H,3-6,9,12H2,1-2H3,(H,24,25). The number of rotatable bonds is 9. The van der Waals surface area contributed by atoms with Crippen LogP contribution in [0.2, 0.25) is 10.0 Å². The fourth-order valence-corrected chi connectivity index (χ4v) is 3.21. The molecule has 0 aliphatic heterocycles. The van der Waals surface area contributed by atoms with Crippen LogP contribution < -0.4 is 10.1 Å². The van der Waals surface area contributed by atoms with E-state index < -0.39 is 0 Å². The monoisotopic (exact) mass is 393 g/mol. The Hall–Kier alpha value is -1.71. The van der Waals surface area contributed by atoms with Crippen molar-refractivity contribution >= 4 is 34.8 Å². The highest BCUT2D eigenvalue weighted by molar-refractivity contribution is 6.37. The Morgan fingerprint density at radius 3 is 2.35 bits per heavy atom. The van der Waals surface area contributed by atoms with Crippen LogP contribution in [0.5, 0.6) is 5.75 Å². The molecule has 0 radical (unpaired) electrons. The molecule has 1 amide bonds. The van der Waals surface area contributed by atoms with Crippen LogP contribution in [-0.2, 0) is 0 Å². The van der Waals surface area contributed by atoms with Gasteiger partial charge in [0.1, 0.15) is 0 Å². The number of unbranched alkanes of at least 4 members (excludes halogenated alkanes) is 4. The largest absolute Gasteiger partial charge is 0.490 e. The zero-order chi connectivity index (χ0) is 18.9. The number of benzene rings is 2.